The van der Waals surface area contributed by atoms with E-state index in [0.717, 1.165) is 32.1 Å². The lowest BCUT2D eigenvalue weighted by molar-refractivity contribution is 0.0525. The molecule has 0 spiro atoms. The number of benzene rings is 1. The topological polar surface area (TPSA) is 54.0 Å². The predicted octanol–water partition coefficient (Wildman–Crippen LogP) is 19.4. The van der Waals surface area contributed by atoms with Gasteiger partial charge < -0.3 is 18.9 Å². The fourth-order valence-corrected chi connectivity index (χ4v) is 8.69. The Balaban J connectivity index is 2.60. The summed E-state index contributed by atoms with van der Waals surface area (Å²) in [5.41, 5.74) is 0.475. The molecule has 62 heavy (non-hydrogen) atoms. The van der Waals surface area contributed by atoms with Crippen LogP contribution in [-0.2, 0) is 4.74 Å². The molecule has 0 atom stereocenters. The third kappa shape index (κ3) is 36.4. The van der Waals surface area contributed by atoms with Gasteiger partial charge in [-0.2, -0.15) is 0 Å². The summed E-state index contributed by atoms with van der Waals surface area (Å²) in [6, 6.07) is 3.64. The summed E-state index contributed by atoms with van der Waals surface area (Å²) >= 11 is 0. The molecule has 0 unspecified atom stereocenters. The molecule has 0 radical (unpaired) electrons. The molecule has 0 amide bonds. The second-order valence-corrected chi connectivity index (χ2v) is 18.9. The van der Waals surface area contributed by atoms with E-state index in [-0.39, 0.29) is 5.97 Å². The highest BCUT2D eigenvalue weighted by atomic mass is 16.5. The Kier molecular flexibility index (Phi) is 44.1. The number of esters is 1. The lowest BCUT2D eigenvalue weighted by Gasteiger charge is -2.19. The van der Waals surface area contributed by atoms with Crippen molar-refractivity contribution in [3.8, 4) is 17.2 Å². The SMILES string of the molecule is CCCCCCCCCCCCCCCCOc1cc(C(=O)OCC)cc(OCCCCCCCCCCCCCCCC)c1OCCCCCCCCCCCCCCCC. The highest BCUT2D eigenvalue weighted by Gasteiger charge is 2.20. The van der Waals surface area contributed by atoms with Gasteiger partial charge >= 0.3 is 5.97 Å². The van der Waals surface area contributed by atoms with E-state index in [1.807, 2.05) is 19.1 Å². The Bertz CT molecular complexity index is 1020. The fraction of sp³-hybridized carbons (Fsp3) is 0.877. The average Bonchev–Trinajstić information content (AvgIpc) is 3.28. The van der Waals surface area contributed by atoms with Crippen molar-refractivity contribution in [3.63, 3.8) is 0 Å². The van der Waals surface area contributed by atoms with E-state index in [1.165, 1.54) is 238 Å². The smallest absolute Gasteiger partial charge is 0.338 e. The minimum Gasteiger partial charge on any atom is -0.490 e. The van der Waals surface area contributed by atoms with Crippen LogP contribution in [0.1, 0.15) is 308 Å². The normalized spacial score (nSPS) is 11.4. The summed E-state index contributed by atoms with van der Waals surface area (Å²) in [6.45, 7) is 10.9. The van der Waals surface area contributed by atoms with Crippen LogP contribution in [0.4, 0.5) is 0 Å². The maximum atomic E-state index is 13.0. The monoisotopic (exact) mass is 871 g/mol. The first-order valence-electron chi connectivity index (χ1n) is 27.9. The van der Waals surface area contributed by atoms with E-state index >= 15 is 0 Å². The van der Waals surface area contributed by atoms with Crippen LogP contribution in [0.3, 0.4) is 0 Å². The average molecular weight is 871 g/mol. The van der Waals surface area contributed by atoms with Crippen LogP contribution in [0.25, 0.3) is 0 Å². The van der Waals surface area contributed by atoms with Crippen LogP contribution in [-0.4, -0.2) is 32.4 Å². The van der Waals surface area contributed by atoms with Gasteiger partial charge in [0.1, 0.15) is 0 Å². The van der Waals surface area contributed by atoms with Gasteiger partial charge in [-0.15, -0.1) is 0 Å². The van der Waals surface area contributed by atoms with Gasteiger partial charge in [-0.1, -0.05) is 271 Å². The molecule has 0 aromatic heterocycles. The van der Waals surface area contributed by atoms with Gasteiger partial charge in [0.15, 0.2) is 11.5 Å². The van der Waals surface area contributed by atoms with Gasteiger partial charge in [0.2, 0.25) is 5.75 Å². The van der Waals surface area contributed by atoms with Gasteiger partial charge in [-0.05, 0) is 38.3 Å². The molecule has 0 fully saturated rings. The molecule has 364 valence electrons. The van der Waals surface area contributed by atoms with E-state index in [4.69, 9.17) is 18.9 Å². The zero-order chi connectivity index (χ0) is 44.7. The lowest BCUT2D eigenvalue weighted by Crippen LogP contribution is -2.10. The molecule has 0 aliphatic carbocycles. The van der Waals surface area contributed by atoms with E-state index in [0.29, 0.717) is 49.2 Å². The summed E-state index contributed by atoms with van der Waals surface area (Å²) in [6.07, 6.45) is 55.9. The molecule has 0 bridgehead atoms. The molecule has 0 aliphatic heterocycles. The first kappa shape index (κ1) is 58.1. The van der Waals surface area contributed by atoms with Gasteiger partial charge in [-0.25, -0.2) is 4.79 Å². The number of carbonyl (C=O) groups excluding carboxylic acids is 1. The van der Waals surface area contributed by atoms with Crippen molar-refractivity contribution in [1.29, 1.82) is 0 Å². The molecule has 1 rings (SSSR count). The predicted molar refractivity (Wildman–Crippen MR) is 270 cm³/mol. The first-order valence-corrected chi connectivity index (χ1v) is 27.9. The zero-order valence-electron chi connectivity index (χ0n) is 42.2. The highest BCUT2D eigenvalue weighted by molar-refractivity contribution is 5.91. The van der Waals surface area contributed by atoms with Crippen LogP contribution in [0.2, 0.25) is 0 Å². The summed E-state index contributed by atoms with van der Waals surface area (Å²) < 4.78 is 24.8. The maximum absolute atomic E-state index is 13.0. The third-order valence-electron chi connectivity index (χ3n) is 12.8. The van der Waals surface area contributed by atoms with E-state index in [9.17, 15) is 4.79 Å². The number of hydrogen-bond acceptors (Lipinski definition) is 5. The molecule has 0 N–H and O–H groups in total. The second-order valence-electron chi connectivity index (χ2n) is 18.9. The highest BCUT2D eigenvalue weighted by Crippen LogP contribution is 2.40. The minimum absolute atomic E-state index is 0.334. The van der Waals surface area contributed by atoms with Gasteiger partial charge in [0.05, 0.1) is 32.0 Å². The van der Waals surface area contributed by atoms with Crippen LogP contribution in [0.15, 0.2) is 12.1 Å². The maximum Gasteiger partial charge on any atom is 0.338 e. The van der Waals surface area contributed by atoms with Crippen molar-refractivity contribution in [3.05, 3.63) is 17.7 Å². The van der Waals surface area contributed by atoms with Crippen LogP contribution >= 0.6 is 0 Å². The zero-order valence-corrected chi connectivity index (χ0v) is 42.2. The lowest BCUT2D eigenvalue weighted by atomic mass is 10.0. The summed E-state index contributed by atoms with van der Waals surface area (Å²) in [7, 11) is 0. The Morgan fingerprint density at radius 2 is 0.548 bits per heavy atom. The molecule has 0 saturated heterocycles. The van der Waals surface area contributed by atoms with Gasteiger partial charge in [0, 0.05) is 0 Å². The van der Waals surface area contributed by atoms with Crippen molar-refractivity contribution in [2.45, 2.75) is 297 Å². The molecule has 1 aromatic rings. The number of rotatable bonds is 50. The standard InChI is InChI=1S/C57H106O5/c1-5-9-12-15-18-21-24-27-30-33-36-39-42-45-48-60-54-51-53(57(58)59-8-4)52-55(61-49-46-43-40-37-34-31-28-25-22-19-16-13-10-6-2)56(54)62-50-47-44-41-38-35-32-29-26-23-20-17-14-11-7-3/h51-52H,5-50H2,1-4H3. The second kappa shape index (κ2) is 47.1. The van der Waals surface area contributed by atoms with E-state index < -0.39 is 0 Å². The van der Waals surface area contributed by atoms with E-state index in [1.54, 1.807) is 0 Å². The Morgan fingerprint density at radius 3 is 0.790 bits per heavy atom. The molecule has 5 nitrogen and oxygen atoms in total. The Morgan fingerprint density at radius 1 is 0.323 bits per heavy atom. The molecular formula is C57H106O5. The summed E-state index contributed by atoms with van der Waals surface area (Å²) in [5, 5.41) is 0. The number of carbonyl (C=O) groups is 1. The van der Waals surface area contributed by atoms with Crippen molar-refractivity contribution in [2.24, 2.45) is 0 Å². The van der Waals surface area contributed by atoms with E-state index in [2.05, 4.69) is 20.8 Å². The van der Waals surface area contributed by atoms with Crippen molar-refractivity contribution in [2.75, 3.05) is 26.4 Å². The largest absolute Gasteiger partial charge is 0.490 e. The van der Waals surface area contributed by atoms with Crippen molar-refractivity contribution < 1.29 is 23.7 Å². The van der Waals surface area contributed by atoms with Gasteiger partial charge in [-0.3, -0.25) is 0 Å². The summed E-state index contributed by atoms with van der Waals surface area (Å²) in [5.74, 6) is 1.55. The van der Waals surface area contributed by atoms with Crippen molar-refractivity contribution >= 4 is 5.97 Å². The van der Waals surface area contributed by atoms with Crippen LogP contribution < -0.4 is 14.2 Å². The Hall–Kier alpha value is -1.91. The molecule has 5 heteroatoms. The van der Waals surface area contributed by atoms with Crippen LogP contribution in [0, 0.1) is 0 Å². The van der Waals surface area contributed by atoms with Crippen molar-refractivity contribution in [1.82, 2.24) is 0 Å². The molecule has 0 saturated carbocycles. The molecule has 0 aliphatic rings. The molecule has 1 aromatic carbocycles. The minimum atomic E-state index is -0.339. The number of hydrogen-bond donors (Lipinski definition) is 0. The number of ether oxygens (including phenoxy) is 4. The molecule has 0 heterocycles. The molecular weight excluding hydrogens is 765 g/mol. The number of unbranched alkanes of at least 4 members (excludes halogenated alkanes) is 39. The summed E-state index contributed by atoms with van der Waals surface area (Å²) in [4.78, 5) is 13.0. The Labute approximate surface area is 387 Å². The quantitative estimate of drug-likeness (QED) is 0.0482. The third-order valence-corrected chi connectivity index (χ3v) is 12.8. The first-order chi connectivity index (χ1) is 30.7. The fourth-order valence-electron chi connectivity index (χ4n) is 8.69. The van der Waals surface area contributed by atoms with Crippen LogP contribution in [0.5, 0.6) is 17.2 Å². The van der Waals surface area contributed by atoms with Gasteiger partial charge in [0.25, 0.3) is 0 Å².